The van der Waals surface area contributed by atoms with Gasteiger partial charge in [0.15, 0.2) is 0 Å². The van der Waals surface area contributed by atoms with Crippen LogP contribution in [0.3, 0.4) is 0 Å². The number of rotatable bonds is 9. The molecule has 3 aromatic carbocycles. The van der Waals surface area contributed by atoms with Gasteiger partial charge in [0.05, 0.1) is 0 Å². The molecule has 1 atom stereocenters. The van der Waals surface area contributed by atoms with Crippen molar-refractivity contribution in [3.63, 3.8) is 0 Å². The molecule has 188 valence electrons. The monoisotopic (exact) mass is 496 g/mol. The highest BCUT2D eigenvalue weighted by Gasteiger charge is 2.22. The number of aromatic amines is 1. The van der Waals surface area contributed by atoms with E-state index in [1.165, 1.54) is 6.07 Å². The smallest absolute Gasteiger partial charge is 0.408 e. The second-order valence-corrected chi connectivity index (χ2v) is 8.46. The molecule has 0 aliphatic carbocycles. The number of carbonyl (C=O) groups excluding carboxylic acids is 2. The van der Waals surface area contributed by atoms with E-state index in [0.29, 0.717) is 29.2 Å². The first-order valence-corrected chi connectivity index (χ1v) is 12.0. The molecular formula is C29H28N4O4. The lowest BCUT2D eigenvalue weighted by Crippen LogP contribution is -2.45. The minimum atomic E-state index is -0.879. The number of hydrogen-bond donors (Lipinski definition) is 3. The van der Waals surface area contributed by atoms with Crippen LogP contribution in [0.5, 0.6) is 0 Å². The summed E-state index contributed by atoms with van der Waals surface area (Å²) >= 11 is 0. The quantitative estimate of drug-likeness (QED) is 0.316. The number of benzene rings is 3. The first-order valence-electron chi connectivity index (χ1n) is 12.0. The highest BCUT2D eigenvalue weighted by Crippen LogP contribution is 2.19. The Labute approximate surface area is 214 Å². The lowest BCUT2D eigenvalue weighted by atomic mass is 10.1. The van der Waals surface area contributed by atoms with E-state index in [2.05, 4.69) is 20.6 Å². The van der Waals surface area contributed by atoms with Gasteiger partial charge in [0.25, 0.3) is 5.56 Å². The molecule has 0 saturated heterocycles. The largest absolute Gasteiger partial charge is 0.445 e. The van der Waals surface area contributed by atoms with Gasteiger partial charge >= 0.3 is 6.09 Å². The van der Waals surface area contributed by atoms with Crippen LogP contribution in [0.1, 0.15) is 23.7 Å². The van der Waals surface area contributed by atoms with Crippen LogP contribution in [0.2, 0.25) is 0 Å². The van der Waals surface area contributed by atoms with Crippen molar-refractivity contribution in [2.24, 2.45) is 0 Å². The van der Waals surface area contributed by atoms with Gasteiger partial charge in [-0.05, 0) is 29.7 Å². The SMILES string of the molecule is CCc1cc(=O)[nH]c(-c2cccc(NC(=O)[C@H](Cc3ccccc3)NC(=O)OCc3ccccc3)c2)n1. The molecule has 0 unspecified atom stereocenters. The molecule has 0 radical (unpaired) electrons. The van der Waals surface area contributed by atoms with Crippen LogP contribution in [-0.2, 0) is 29.0 Å². The fourth-order valence-electron chi connectivity index (χ4n) is 3.77. The Kier molecular flexibility index (Phi) is 8.44. The van der Waals surface area contributed by atoms with E-state index >= 15 is 0 Å². The minimum Gasteiger partial charge on any atom is -0.445 e. The molecule has 0 aliphatic rings. The summed E-state index contributed by atoms with van der Waals surface area (Å²) in [6, 6.07) is 26.3. The van der Waals surface area contributed by atoms with Crippen molar-refractivity contribution in [2.45, 2.75) is 32.4 Å². The van der Waals surface area contributed by atoms with E-state index < -0.39 is 18.0 Å². The number of anilines is 1. The minimum absolute atomic E-state index is 0.0937. The van der Waals surface area contributed by atoms with Gasteiger partial charge in [0.1, 0.15) is 18.5 Å². The van der Waals surface area contributed by atoms with Crippen molar-refractivity contribution < 1.29 is 14.3 Å². The van der Waals surface area contributed by atoms with E-state index in [4.69, 9.17) is 4.74 Å². The maximum Gasteiger partial charge on any atom is 0.408 e. The number of hydrogen-bond acceptors (Lipinski definition) is 5. The fraction of sp³-hybridized carbons (Fsp3) is 0.172. The number of alkyl carbamates (subject to hydrolysis) is 1. The fourth-order valence-corrected chi connectivity index (χ4v) is 3.77. The Morgan fingerprint density at radius 1 is 0.919 bits per heavy atom. The van der Waals surface area contributed by atoms with Crippen LogP contribution in [0.15, 0.2) is 95.8 Å². The van der Waals surface area contributed by atoms with Crippen LogP contribution in [0.25, 0.3) is 11.4 Å². The molecule has 0 saturated carbocycles. The third kappa shape index (κ3) is 7.38. The Morgan fingerprint density at radius 2 is 1.62 bits per heavy atom. The zero-order valence-electron chi connectivity index (χ0n) is 20.4. The van der Waals surface area contributed by atoms with Crippen LogP contribution in [0.4, 0.5) is 10.5 Å². The average Bonchev–Trinajstić information content (AvgIpc) is 2.92. The van der Waals surface area contributed by atoms with Gasteiger partial charge in [-0.3, -0.25) is 9.59 Å². The molecule has 0 bridgehead atoms. The third-order valence-corrected chi connectivity index (χ3v) is 5.66. The van der Waals surface area contributed by atoms with Gasteiger partial charge in [0, 0.05) is 29.4 Å². The molecule has 0 fully saturated rings. The van der Waals surface area contributed by atoms with Crippen molar-refractivity contribution in [1.82, 2.24) is 15.3 Å². The standard InChI is InChI=1S/C29H28N4O4/c1-2-23-18-26(34)33-27(30-23)22-14-9-15-24(17-22)31-28(35)25(16-20-10-5-3-6-11-20)32-29(36)37-19-21-12-7-4-8-13-21/h3-15,17-18,25H,2,16,19H2,1H3,(H,31,35)(H,32,36)(H,30,33,34)/t25-/m0/s1. The summed E-state index contributed by atoms with van der Waals surface area (Å²) < 4.78 is 5.33. The first-order chi connectivity index (χ1) is 18.0. The van der Waals surface area contributed by atoms with Gasteiger partial charge in [-0.25, -0.2) is 9.78 Å². The topological polar surface area (TPSA) is 113 Å². The predicted octanol–water partition coefficient (Wildman–Crippen LogP) is 4.48. The lowest BCUT2D eigenvalue weighted by molar-refractivity contribution is -0.118. The number of H-pyrrole nitrogens is 1. The molecule has 37 heavy (non-hydrogen) atoms. The zero-order chi connectivity index (χ0) is 26.0. The molecule has 0 aliphatic heterocycles. The highest BCUT2D eigenvalue weighted by atomic mass is 16.5. The number of aryl methyl sites for hydroxylation is 1. The third-order valence-electron chi connectivity index (χ3n) is 5.66. The number of ether oxygens (including phenoxy) is 1. The predicted molar refractivity (Wildman–Crippen MR) is 142 cm³/mol. The van der Waals surface area contributed by atoms with Crippen molar-refractivity contribution in [2.75, 3.05) is 5.32 Å². The van der Waals surface area contributed by atoms with Crippen LogP contribution < -0.4 is 16.2 Å². The zero-order valence-corrected chi connectivity index (χ0v) is 20.4. The second-order valence-electron chi connectivity index (χ2n) is 8.46. The molecule has 4 rings (SSSR count). The molecule has 3 N–H and O–H groups in total. The molecule has 0 spiro atoms. The van der Waals surface area contributed by atoms with E-state index in [1.54, 1.807) is 24.3 Å². The maximum absolute atomic E-state index is 13.3. The number of amides is 2. The Balaban J connectivity index is 1.49. The molecular weight excluding hydrogens is 468 g/mol. The molecule has 8 heteroatoms. The Bertz CT molecular complexity index is 1400. The molecule has 4 aromatic rings. The van der Waals surface area contributed by atoms with E-state index in [1.807, 2.05) is 67.6 Å². The summed E-state index contributed by atoms with van der Waals surface area (Å²) in [5.74, 6) is 0.0188. The van der Waals surface area contributed by atoms with Gasteiger partial charge in [-0.1, -0.05) is 79.7 Å². The van der Waals surface area contributed by atoms with Crippen LogP contribution >= 0.6 is 0 Å². The number of aromatic nitrogens is 2. The summed E-state index contributed by atoms with van der Waals surface area (Å²) in [6.45, 7) is 2.02. The van der Waals surface area contributed by atoms with Gasteiger partial charge in [-0.2, -0.15) is 0 Å². The molecule has 1 aromatic heterocycles. The summed E-state index contributed by atoms with van der Waals surface area (Å²) in [7, 11) is 0. The van der Waals surface area contributed by atoms with Crippen LogP contribution in [0, 0.1) is 0 Å². The van der Waals surface area contributed by atoms with E-state index in [-0.39, 0.29) is 18.6 Å². The second kappa shape index (κ2) is 12.3. The number of nitrogens with zero attached hydrogens (tertiary/aromatic N) is 1. The number of carbonyl (C=O) groups is 2. The lowest BCUT2D eigenvalue weighted by Gasteiger charge is -2.19. The first kappa shape index (κ1) is 25.4. The van der Waals surface area contributed by atoms with Crippen LogP contribution in [-0.4, -0.2) is 28.0 Å². The highest BCUT2D eigenvalue weighted by molar-refractivity contribution is 5.97. The van der Waals surface area contributed by atoms with E-state index in [0.717, 1.165) is 11.1 Å². The van der Waals surface area contributed by atoms with Gasteiger partial charge in [-0.15, -0.1) is 0 Å². The van der Waals surface area contributed by atoms with E-state index in [9.17, 15) is 14.4 Å². The molecule has 1 heterocycles. The summed E-state index contributed by atoms with van der Waals surface area (Å²) in [6.07, 6.45) is 0.215. The van der Waals surface area contributed by atoms with Crippen molar-refractivity contribution >= 4 is 17.7 Å². The Hall–Kier alpha value is -4.72. The summed E-state index contributed by atoms with van der Waals surface area (Å²) in [5.41, 5.74) is 3.33. The maximum atomic E-state index is 13.3. The van der Waals surface area contributed by atoms with Gasteiger partial charge in [0.2, 0.25) is 5.91 Å². The normalized spacial score (nSPS) is 11.4. The molecule has 8 nitrogen and oxygen atoms in total. The molecule has 2 amide bonds. The summed E-state index contributed by atoms with van der Waals surface area (Å²) in [5, 5.41) is 5.56. The van der Waals surface area contributed by atoms with Crippen molar-refractivity contribution in [3.8, 4) is 11.4 Å². The van der Waals surface area contributed by atoms with Crippen molar-refractivity contribution in [1.29, 1.82) is 0 Å². The Morgan fingerprint density at radius 3 is 2.32 bits per heavy atom. The van der Waals surface area contributed by atoms with Gasteiger partial charge < -0.3 is 20.4 Å². The average molecular weight is 497 g/mol. The van der Waals surface area contributed by atoms with Crippen molar-refractivity contribution in [3.05, 3.63) is 118 Å². The summed E-state index contributed by atoms with van der Waals surface area (Å²) in [4.78, 5) is 45.0. The number of nitrogens with one attached hydrogen (secondary N) is 3.